The Bertz CT molecular complexity index is 737. The Morgan fingerprint density at radius 1 is 1.35 bits per heavy atom. The highest BCUT2D eigenvalue weighted by Gasteiger charge is 2.24. The van der Waals surface area contributed by atoms with Gasteiger partial charge in [0, 0.05) is 13.0 Å². The van der Waals surface area contributed by atoms with E-state index in [-0.39, 0.29) is 24.7 Å². The Labute approximate surface area is 111 Å². The molecule has 0 bridgehead atoms. The zero-order valence-corrected chi connectivity index (χ0v) is 10.1. The first-order valence-corrected chi connectivity index (χ1v) is 5.75. The number of anilines is 1. The molecule has 0 radical (unpaired) electrons. The largest absolute Gasteiger partial charge is 0.475 e. The van der Waals surface area contributed by atoms with Crippen molar-refractivity contribution in [3.8, 4) is 0 Å². The van der Waals surface area contributed by atoms with Gasteiger partial charge in [0.2, 0.25) is 5.91 Å². The third-order valence-electron chi connectivity index (χ3n) is 2.87. The van der Waals surface area contributed by atoms with Gasteiger partial charge in [-0.2, -0.15) is 0 Å². The number of rotatable bonds is 2. The van der Waals surface area contributed by atoms with Crippen molar-refractivity contribution < 1.29 is 19.5 Å². The molecule has 9 nitrogen and oxygen atoms in total. The predicted octanol–water partition coefficient (Wildman–Crippen LogP) is -0.126. The van der Waals surface area contributed by atoms with Crippen LogP contribution in [0.5, 0.6) is 0 Å². The number of aromatic nitrogens is 3. The zero-order chi connectivity index (χ0) is 14.3. The molecule has 3 heterocycles. The maximum absolute atomic E-state index is 11.7. The number of fused-ring (bicyclic) bond motifs is 1. The van der Waals surface area contributed by atoms with Crippen LogP contribution >= 0.6 is 0 Å². The molecule has 2 N–H and O–H groups in total. The van der Waals surface area contributed by atoms with Gasteiger partial charge in [-0.25, -0.2) is 19.1 Å². The highest BCUT2D eigenvalue weighted by molar-refractivity contribution is 6.05. The van der Waals surface area contributed by atoms with Crippen molar-refractivity contribution in [3.63, 3.8) is 0 Å². The van der Waals surface area contributed by atoms with Crippen molar-refractivity contribution in [1.29, 1.82) is 0 Å². The quantitative estimate of drug-likeness (QED) is 0.788. The molecular formula is C11H9N5O4. The van der Waals surface area contributed by atoms with E-state index in [1.807, 2.05) is 0 Å². The lowest BCUT2D eigenvalue weighted by Gasteiger charge is -2.26. The number of nitrogens with zero attached hydrogens (tertiary/aromatic N) is 4. The number of aromatic carboxylic acids is 1. The van der Waals surface area contributed by atoms with Crippen molar-refractivity contribution in [3.05, 3.63) is 24.2 Å². The molecule has 0 aromatic carbocycles. The molecule has 3 rings (SSSR count). The Morgan fingerprint density at radius 2 is 2.15 bits per heavy atom. The number of carbonyl (C=O) groups excluding carboxylic acids is 2. The zero-order valence-electron chi connectivity index (χ0n) is 10.1. The van der Waals surface area contributed by atoms with Gasteiger partial charge in [-0.15, -0.1) is 5.10 Å². The van der Waals surface area contributed by atoms with Crippen molar-refractivity contribution in [2.75, 3.05) is 11.4 Å². The first-order valence-electron chi connectivity index (χ1n) is 5.75. The highest BCUT2D eigenvalue weighted by atomic mass is 16.4. The lowest BCUT2D eigenvalue weighted by Crippen LogP contribution is -2.49. The Hall–Kier alpha value is -2.97. The molecule has 1 aliphatic heterocycles. The van der Waals surface area contributed by atoms with Crippen LogP contribution in [0.15, 0.2) is 18.3 Å². The van der Waals surface area contributed by atoms with Gasteiger partial charge in [-0.05, 0) is 12.1 Å². The fourth-order valence-corrected chi connectivity index (χ4v) is 1.93. The summed E-state index contributed by atoms with van der Waals surface area (Å²) in [6.45, 7) is 0.261. The second-order valence-electron chi connectivity index (χ2n) is 4.19. The number of carboxylic acid groups (broad SMARTS) is 1. The number of pyridine rings is 1. The summed E-state index contributed by atoms with van der Waals surface area (Å²) in [5.41, 5.74) is 0.865. The van der Waals surface area contributed by atoms with Crippen LogP contribution in [0.25, 0.3) is 5.65 Å². The van der Waals surface area contributed by atoms with E-state index >= 15 is 0 Å². The normalized spacial score (nSPS) is 15.5. The van der Waals surface area contributed by atoms with Crippen molar-refractivity contribution in [2.24, 2.45) is 0 Å². The molecule has 102 valence electrons. The Balaban J connectivity index is 1.98. The van der Waals surface area contributed by atoms with Gasteiger partial charge >= 0.3 is 12.0 Å². The van der Waals surface area contributed by atoms with Crippen LogP contribution in [0.2, 0.25) is 0 Å². The SMILES string of the molecule is O=C1CCN(c2ccc3nc(C(=O)O)nn3c2)C(=O)N1. The van der Waals surface area contributed by atoms with E-state index in [4.69, 9.17) is 5.11 Å². The first-order chi connectivity index (χ1) is 9.54. The molecule has 1 fully saturated rings. The summed E-state index contributed by atoms with van der Waals surface area (Å²) in [6, 6.07) is 2.66. The highest BCUT2D eigenvalue weighted by Crippen LogP contribution is 2.17. The summed E-state index contributed by atoms with van der Waals surface area (Å²) in [4.78, 5) is 38.8. The number of imide groups is 1. The molecule has 0 saturated carbocycles. The molecular weight excluding hydrogens is 266 g/mol. The summed E-state index contributed by atoms with van der Waals surface area (Å²) in [7, 11) is 0. The lowest BCUT2D eigenvalue weighted by atomic mass is 10.3. The van der Waals surface area contributed by atoms with Crippen molar-refractivity contribution in [2.45, 2.75) is 6.42 Å². The molecule has 1 aliphatic rings. The standard InChI is InChI=1S/C11H9N5O4/c17-8-3-4-15(11(20)13-8)6-1-2-7-12-9(10(18)19)14-16(7)5-6/h1-2,5H,3-4H2,(H,18,19)(H,13,17,20). The van der Waals surface area contributed by atoms with Gasteiger partial charge in [-0.1, -0.05) is 0 Å². The lowest BCUT2D eigenvalue weighted by molar-refractivity contribution is -0.120. The van der Waals surface area contributed by atoms with E-state index in [0.717, 1.165) is 0 Å². The maximum atomic E-state index is 11.7. The van der Waals surface area contributed by atoms with Crippen LogP contribution in [-0.4, -0.2) is 44.2 Å². The van der Waals surface area contributed by atoms with E-state index in [2.05, 4.69) is 15.4 Å². The number of nitrogens with one attached hydrogen (secondary N) is 1. The summed E-state index contributed by atoms with van der Waals surface area (Å²) in [6.07, 6.45) is 1.70. The topological polar surface area (TPSA) is 117 Å². The molecule has 1 saturated heterocycles. The van der Waals surface area contributed by atoms with Gasteiger partial charge in [0.15, 0.2) is 5.65 Å². The molecule has 0 unspecified atom stereocenters. The number of carboxylic acids is 1. The van der Waals surface area contributed by atoms with Crippen LogP contribution in [0.4, 0.5) is 10.5 Å². The third-order valence-corrected chi connectivity index (χ3v) is 2.87. The van der Waals surface area contributed by atoms with Gasteiger partial charge in [0.1, 0.15) is 0 Å². The fourth-order valence-electron chi connectivity index (χ4n) is 1.93. The van der Waals surface area contributed by atoms with Crippen LogP contribution < -0.4 is 10.2 Å². The minimum Gasteiger partial charge on any atom is -0.475 e. The van der Waals surface area contributed by atoms with Crippen LogP contribution in [-0.2, 0) is 4.79 Å². The molecule has 0 atom stereocenters. The van der Waals surface area contributed by atoms with Crippen LogP contribution in [0.3, 0.4) is 0 Å². The smallest absolute Gasteiger partial charge is 0.375 e. The number of carbonyl (C=O) groups is 3. The van der Waals surface area contributed by atoms with Crippen molar-refractivity contribution in [1.82, 2.24) is 19.9 Å². The second kappa shape index (κ2) is 4.30. The summed E-state index contributed by atoms with van der Waals surface area (Å²) < 4.78 is 1.28. The predicted molar refractivity (Wildman–Crippen MR) is 65.4 cm³/mol. The first kappa shape index (κ1) is 12.1. The molecule has 20 heavy (non-hydrogen) atoms. The van der Waals surface area contributed by atoms with E-state index in [1.54, 1.807) is 12.1 Å². The molecule has 0 spiro atoms. The Morgan fingerprint density at radius 3 is 2.85 bits per heavy atom. The monoisotopic (exact) mass is 275 g/mol. The summed E-state index contributed by atoms with van der Waals surface area (Å²) in [5, 5.41) is 14.8. The minimum atomic E-state index is -1.23. The average Bonchev–Trinajstić information content (AvgIpc) is 2.81. The summed E-state index contributed by atoms with van der Waals surface area (Å²) in [5.74, 6) is -1.86. The van der Waals surface area contributed by atoms with Crippen LogP contribution in [0, 0.1) is 0 Å². The molecule has 3 amide bonds. The maximum Gasteiger partial charge on any atom is 0.375 e. The molecule has 2 aromatic heterocycles. The number of urea groups is 1. The number of hydrogen-bond donors (Lipinski definition) is 2. The Kier molecular flexibility index (Phi) is 2.60. The molecule has 0 aliphatic carbocycles. The van der Waals surface area contributed by atoms with Crippen LogP contribution in [0.1, 0.15) is 17.0 Å². The molecule has 9 heteroatoms. The van der Waals surface area contributed by atoms with E-state index < -0.39 is 12.0 Å². The second-order valence-corrected chi connectivity index (χ2v) is 4.19. The summed E-state index contributed by atoms with van der Waals surface area (Å²) >= 11 is 0. The van der Waals surface area contributed by atoms with Gasteiger partial charge in [0.05, 0.1) is 11.9 Å². The average molecular weight is 275 g/mol. The van der Waals surface area contributed by atoms with E-state index in [9.17, 15) is 14.4 Å². The minimum absolute atomic E-state index is 0.210. The van der Waals surface area contributed by atoms with E-state index in [1.165, 1.54) is 15.6 Å². The van der Waals surface area contributed by atoms with E-state index in [0.29, 0.717) is 11.3 Å². The third kappa shape index (κ3) is 1.94. The van der Waals surface area contributed by atoms with Gasteiger partial charge < -0.3 is 5.11 Å². The van der Waals surface area contributed by atoms with Crippen molar-refractivity contribution >= 4 is 29.2 Å². The van der Waals surface area contributed by atoms with Gasteiger partial charge in [0.25, 0.3) is 5.82 Å². The molecule has 2 aromatic rings. The van der Waals surface area contributed by atoms with Gasteiger partial charge in [-0.3, -0.25) is 15.0 Å². The fraction of sp³-hybridized carbons (Fsp3) is 0.182. The number of amides is 3. The number of hydrogen-bond acceptors (Lipinski definition) is 5.